The standard InChI is InChI=1S/C23H34O7.6CH4/c1-7-22(4,20(27)30-14-13-29-17-11-9-8-10-12-17)16-23(5,19(26)28-6)15-21(2,3)18(24)25;;;;;;/h8-12H,7,13-16H2,1-6H3,(H,24,25);6*1H4. The van der Waals surface area contributed by atoms with E-state index in [2.05, 4.69) is 0 Å². The largest absolute Gasteiger partial charge is 0.490 e. The maximum Gasteiger partial charge on any atom is 0.311 e. The first kappa shape index (κ1) is 46.7. The quantitative estimate of drug-likeness (QED) is 0.222. The fourth-order valence-corrected chi connectivity index (χ4v) is 3.69. The molecule has 1 N–H and O–H groups in total. The zero-order valence-electron chi connectivity index (χ0n) is 18.8. The van der Waals surface area contributed by atoms with Crippen LogP contribution in [0.3, 0.4) is 0 Å². The molecule has 2 unspecified atom stereocenters. The van der Waals surface area contributed by atoms with E-state index >= 15 is 0 Å². The van der Waals surface area contributed by atoms with Gasteiger partial charge >= 0.3 is 17.9 Å². The van der Waals surface area contributed by atoms with Crippen LogP contribution < -0.4 is 4.74 Å². The minimum Gasteiger partial charge on any atom is -0.490 e. The number of para-hydroxylation sites is 1. The van der Waals surface area contributed by atoms with Crippen molar-refractivity contribution in [2.45, 2.75) is 98.4 Å². The number of benzene rings is 1. The summed E-state index contributed by atoms with van der Waals surface area (Å²) in [6.45, 7) is 8.58. The molecule has 0 saturated heterocycles. The molecule has 1 aromatic rings. The number of ether oxygens (including phenoxy) is 3. The highest BCUT2D eigenvalue weighted by Gasteiger charge is 2.49. The van der Waals surface area contributed by atoms with Crippen LogP contribution in [0.1, 0.15) is 98.4 Å². The van der Waals surface area contributed by atoms with Crippen LogP contribution in [-0.4, -0.2) is 43.3 Å². The third-order valence-corrected chi connectivity index (χ3v) is 5.47. The molecule has 7 nitrogen and oxygen atoms in total. The van der Waals surface area contributed by atoms with Crippen molar-refractivity contribution < 1.29 is 33.7 Å². The number of carbonyl (C=O) groups is 3. The molecule has 1 rings (SSSR count). The summed E-state index contributed by atoms with van der Waals surface area (Å²) in [7, 11) is 1.26. The average molecular weight is 519 g/mol. The molecule has 2 atom stereocenters. The Morgan fingerprint density at radius 1 is 0.778 bits per heavy atom. The summed E-state index contributed by atoms with van der Waals surface area (Å²) in [5, 5.41) is 9.50. The molecular formula is C29H58O7. The van der Waals surface area contributed by atoms with Crippen LogP contribution in [-0.2, 0) is 23.9 Å². The smallest absolute Gasteiger partial charge is 0.311 e. The lowest BCUT2D eigenvalue weighted by molar-refractivity contribution is -0.166. The SMILES string of the molecule is C.C.C.C.C.C.CCC(C)(CC(C)(CC(C)(C)C(=O)O)C(=O)OC)C(=O)OCCOc1ccccc1. The molecule has 0 saturated carbocycles. The van der Waals surface area contributed by atoms with Crippen LogP contribution in [0.4, 0.5) is 0 Å². The van der Waals surface area contributed by atoms with Gasteiger partial charge in [-0.15, -0.1) is 0 Å². The first-order valence-corrected chi connectivity index (χ1v) is 10.1. The zero-order chi connectivity index (χ0) is 23.0. The third-order valence-electron chi connectivity index (χ3n) is 5.47. The van der Waals surface area contributed by atoms with Crippen molar-refractivity contribution in [3.63, 3.8) is 0 Å². The Kier molecular flexibility index (Phi) is 25.4. The minimum atomic E-state index is -1.17. The summed E-state index contributed by atoms with van der Waals surface area (Å²) in [4.78, 5) is 37.0. The van der Waals surface area contributed by atoms with Crippen LogP contribution in [0.15, 0.2) is 30.3 Å². The van der Waals surface area contributed by atoms with Crippen molar-refractivity contribution in [3.05, 3.63) is 30.3 Å². The fraction of sp³-hybridized carbons (Fsp3) is 0.690. The van der Waals surface area contributed by atoms with Crippen molar-refractivity contribution in [1.82, 2.24) is 0 Å². The number of hydrogen-bond acceptors (Lipinski definition) is 6. The van der Waals surface area contributed by atoms with Gasteiger partial charge in [-0.1, -0.05) is 69.7 Å². The second-order valence-corrected chi connectivity index (χ2v) is 8.81. The summed E-state index contributed by atoms with van der Waals surface area (Å²) in [5.41, 5.74) is -3.31. The summed E-state index contributed by atoms with van der Waals surface area (Å²) >= 11 is 0. The van der Waals surface area contributed by atoms with Crippen molar-refractivity contribution in [2.24, 2.45) is 16.2 Å². The van der Waals surface area contributed by atoms with Crippen LogP contribution in [0.25, 0.3) is 0 Å². The van der Waals surface area contributed by atoms with Crippen molar-refractivity contribution >= 4 is 17.9 Å². The second-order valence-electron chi connectivity index (χ2n) is 8.81. The molecule has 0 aromatic heterocycles. The highest BCUT2D eigenvalue weighted by molar-refractivity contribution is 5.82. The Balaban J connectivity index is -0.000000375. The Labute approximate surface area is 222 Å². The van der Waals surface area contributed by atoms with Gasteiger partial charge in [0.25, 0.3) is 0 Å². The van der Waals surface area contributed by atoms with Gasteiger partial charge in [0.15, 0.2) is 0 Å². The van der Waals surface area contributed by atoms with Crippen LogP contribution in [0, 0.1) is 16.2 Å². The monoisotopic (exact) mass is 518 g/mol. The maximum atomic E-state index is 12.8. The average Bonchev–Trinajstić information content (AvgIpc) is 2.70. The van der Waals surface area contributed by atoms with E-state index in [1.165, 1.54) is 7.11 Å². The molecule has 0 heterocycles. The summed E-state index contributed by atoms with van der Waals surface area (Å²) in [6, 6.07) is 9.20. The van der Waals surface area contributed by atoms with E-state index in [1.807, 2.05) is 37.3 Å². The molecule has 0 spiro atoms. The van der Waals surface area contributed by atoms with Gasteiger partial charge in [0, 0.05) is 0 Å². The van der Waals surface area contributed by atoms with E-state index in [0.29, 0.717) is 12.2 Å². The Morgan fingerprint density at radius 2 is 1.28 bits per heavy atom. The van der Waals surface area contributed by atoms with Crippen molar-refractivity contribution in [1.29, 1.82) is 0 Å². The van der Waals surface area contributed by atoms with Gasteiger partial charge in [0.1, 0.15) is 19.0 Å². The van der Waals surface area contributed by atoms with Crippen LogP contribution in [0.5, 0.6) is 5.75 Å². The number of methoxy groups -OCH3 is 1. The Hall–Kier alpha value is -2.57. The molecule has 0 aliphatic heterocycles. The van der Waals surface area contributed by atoms with E-state index in [9.17, 15) is 19.5 Å². The van der Waals surface area contributed by atoms with Gasteiger partial charge in [-0.3, -0.25) is 14.4 Å². The molecule has 0 aliphatic rings. The first-order chi connectivity index (χ1) is 13.9. The lowest BCUT2D eigenvalue weighted by Gasteiger charge is -2.38. The normalized spacial score (nSPS) is 12.8. The third kappa shape index (κ3) is 12.9. The molecule has 1 aromatic carbocycles. The number of aliphatic carboxylic acids is 1. The predicted molar refractivity (Wildman–Crippen MR) is 152 cm³/mol. The molecule has 0 bridgehead atoms. The lowest BCUT2D eigenvalue weighted by Crippen LogP contribution is -2.43. The minimum absolute atomic E-state index is 0. The topological polar surface area (TPSA) is 99.1 Å². The first-order valence-electron chi connectivity index (χ1n) is 10.1. The summed E-state index contributed by atoms with van der Waals surface area (Å²) < 4.78 is 15.9. The highest BCUT2D eigenvalue weighted by atomic mass is 16.6. The number of carbonyl (C=O) groups excluding carboxylic acids is 2. The molecule has 7 heteroatoms. The van der Waals surface area contributed by atoms with Crippen LogP contribution >= 0.6 is 0 Å². The van der Waals surface area contributed by atoms with Gasteiger partial charge in [0.05, 0.1) is 23.4 Å². The zero-order valence-corrected chi connectivity index (χ0v) is 18.8. The lowest BCUT2D eigenvalue weighted by atomic mass is 9.65. The van der Waals surface area contributed by atoms with Crippen LogP contribution in [0.2, 0.25) is 0 Å². The highest BCUT2D eigenvalue weighted by Crippen LogP contribution is 2.45. The molecule has 216 valence electrons. The number of rotatable bonds is 12. The van der Waals surface area contributed by atoms with Crippen molar-refractivity contribution in [3.8, 4) is 5.75 Å². The maximum absolute atomic E-state index is 12.8. The molecule has 0 amide bonds. The summed E-state index contributed by atoms with van der Waals surface area (Å²) in [5.74, 6) is -1.33. The van der Waals surface area contributed by atoms with E-state index in [4.69, 9.17) is 14.2 Å². The van der Waals surface area contributed by atoms with Gasteiger partial charge in [0.2, 0.25) is 0 Å². The predicted octanol–water partition coefficient (Wildman–Crippen LogP) is 7.91. The van der Waals surface area contributed by atoms with Gasteiger partial charge in [-0.05, 0) is 59.1 Å². The second kappa shape index (κ2) is 19.6. The van der Waals surface area contributed by atoms with E-state index in [0.717, 1.165) is 0 Å². The molecule has 0 radical (unpaired) electrons. The van der Waals surface area contributed by atoms with E-state index < -0.39 is 34.2 Å². The van der Waals surface area contributed by atoms with Gasteiger partial charge in [-0.25, -0.2) is 0 Å². The number of hydrogen-bond donors (Lipinski definition) is 1. The van der Waals surface area contributed by atoms with E-state index in [1.54, 1.807) is 27.7 Å². The fourth-order valence-electron chi connectivity index (χ4n) is 3.69. The number of esters is 2. The Bertz CT molecular complexity index is 730. The van der Waals surface area contributed by atoms with E-state index in [-0.39, 0.29) is 70.6 Å². The molecule has 0 fully saturated rings. The Morgan fingerprint density at radius 3 is 1.69 bits per heavy atom. The van der Waals surface area contributed by atoms with Gasteiger partial charge in [-0.2, -0.15) is 0 Å². The summed E-state index contributed by atoms with van der Waals surface area (Å²) in [6.07, 6.45) is 0.561. The molecular weight excluding hydrogens is 460 g/mol. The number of carboxylic acids is 1. The van der Waals surface area contributed by atoms with Gasteiger partial charge < -0.3 is 19.3 Å². The molecule has 0 aliphatic carbocycles. The van der Waals surface area contributed by atoms with Crippen molar-refractivity contribution in [2.75, 3.05) is 20.3 Å². The molecule has 36 heavy (non-hydrogen) atoms. The number of carboxylic acid groups (broad SMARTS) is 1.